The van der Waals surface area contributed by atoms with Crippen molar-refractivity contribution in [1.82, 2.24) is 15.1 Å². The predicted molar refractivity (Wildman–Crippen MR) is 116 cm³/mol. The second kappa shape index (κ2) is 9.82. The summed E-state index contributed by atoms with van der Waals surface area (Å²) in [5, 5.41) is 5.40. The van der Waals surface area contributed by atoms with Gasteiger partial charge in [0.25, 0.3) is 0 Å². The van der Waals surface area contributed by atoms with Crippen LogP contribution in [0, 0.1) is 19.7 Å². The molecule has 1 saturated heterocycles. The van der Waals surface area contributed by atoms with Gasteiger partial charge in [0, 0.05) is 38.4 Å². The van der Waals surface area contributed by atoms with Gasteiger partial charge in [-0.05, 0) is 61.9 Å². The molecule has 1 aliphatic rings. The Morgan fingerprint density at radius 1 is 0.967 bits per heavy atom. The monoisotopic (exact) mass is 412 g/mol. The topological polar surface area (TPSA) is 64.7 Å². The highest BCUT2D eigenvalue weighted by Crippen LogP contribution is 2.22. The number of carbonyl (C=O) groups is 2. The van der Waals surface area contributed by atoms with E-state index < -0.39 is 11.8 Å². The Bertz CT molecular complexity index is 893. The molecule has 2 amide bonds. The van der Waals surface area contributed by atoms with Crippen molar-refractivity contribution in [2.45, 2.75) is 19.9 Å². The maximum absolute atomic E-state index is 13.4. The molecule has 30 heavy (non-hydrogen) atoms. The fraction of sp³-hybridized carbons (Fsp3) is 0.391. The van der Waals surface area contributed by atoms with E-state index in [2.05, 4.69) is 27.5 Å². The van der Waals surface area contributed by atoms with E-state index >= 15 is 0 Å². The zero-order valence-electron chi connectivity index (χ0n) is 17.7. The smallest absolute Gasteiger partial charge is 0.313 e. The van der Waals surface area contributed by atoms with Crippen molar-refractivity contribution in [3.8, 4) is 0 Å². The lowest BCUT2D eigenvalue weighted by Gasteiger charge is -2.38. The van der Waals surface area contributed by atoms with Crippen LogP contribution in [0.4, 0.5) is 10.1 Å². The van der Waals surface area contributed by atoms with Crippen molar-refractivity contribution in [2.75, 3.05) is 45.1 Å². The fourth-order valence-corrected chi connectivity index (χ4v) is 3.55. The van der Waals surface area contributed by atoms with Crippen LogP contribution in [-0.2, 0) is 9.59 Å². The number of hydrogen-bond donors (Lipinski definition) is 2. The van der Waals surface area contributed by atoms with Crippen molar-refractivity contribution in [1.29, 1.82) is 0 Å². The van der Waals surface area contributed by atoms with Crippen molar-refractivity contribution < 1.29 is 14.0 Å². The Morgan fingerprint density at radius 3 is 2.27 bits per heavy atom. The first-order valence-electron chi connectivity index (χ1n) is 10.2. The van der Waals surface area contributed by atoms with E-state index in [4.69, 9.17) is 0 Å². The van der Waals surface area contributed by atoms with E-state index in [9.17, 15) is 14.0 Å². The third kappa shape index (κ3) is 5.64. The lowest BCUT2D eigenvalue weighted by Crippen LogP contribution is -2.49. The molecule has 0 saturated carbocycles. The number of nitrogens with one attached hydrogen (secondary N) is 2. The van der Waals surface area contributed by atoms with Crippen LogP contribution in [-0.4, -0.2) is 61.4 Å². The minimum atomic E-state index is -0.700. The summed E-state index contributed by atoms with van der Waals surface area (Å²) in [5.41, 5.74) is 3.66. The molecule has 0 bridgehead atoms. The number of anilines is 1. The predicted octanol–water partition coefficient (Wildman–Crippen LogP) is 2.49. The number of rotatable bonds is 5. The number of amides is 2. The van der Waals surface area contributed by atoms with Gasteiger partial charge in [0.15, 0.2) is 0 Å². The van der Waals surface area contributed by atoms with Gasteiger partial charge in [-0.15, -0.1) is 0 Å². The second-order valence-corrected chi connectivity index (χ2v) is 7.87. The summed E-state index contributed by atoms with van der Waals surface area (Å²) in [6, 6.07) is 11.7. The quantitative estimate of drug-likeness (QED) is 0.741. The van der Waals surface area contributed by atoms with E-state index in [-0.39, 0.29) is 18.4 Å². The standard InChI is InChI=1S/C23H29FN4O2/c1-16-4-9-20(14-17(16)2)26-23(30)22(29)25-15-21(18-5-7-19(24)8-6-18)28-12-10-27(3)11-13-28/h4-9,14,21H,10-13,15H2,1-3H3,(H,25,29)(H,26,30)/t21-/m1/s1. The number of aryl methyl sites for hydroxylation is 2. The number of halogens is 1. The summed E-state index contributed by atoms with van der Waals surface area (Å²) in [4.78, 5) is 29.2. The first-order valence-corrected chi connectivity index (χ1v) is 10.2. The summed E-state index contributed by atoms with van der Waals surface area (Å²) in [7, 11) is 2.07. The molecule has 0 aromatic heterocycles. The maximum atomic E-state index is 13.4. The van der Waals surface area contributed by atoms with Crippen LogP contribution in [0.25, 0.3) is 0 Å². The molecule has 2 aromatic rings. The third-order valence-electron chi connectivity index (χ3n) is 5.66. The van der Waals surface area contributed by atoms with E-state index in [0.717, 1.165) is 42.9 Å². The molecule has 3 rings (SSSR count). The number of carbonyl (C=O) groups excluding carboxylic acids is 2. The highest BCUT2D eigenvalue weighted by molar-refractivity contribution is 6.39. The lowest BCUT2D eigenvalue weighted by molar-refractivity contribution is -0.136. The van der Waals surface area contributed by atoms with Crippen molar-refractivity contribution in [3.05, 3.63) is 65.0 Å². The molecule has 0 unspecified atom stereocenters. The maximum Gasteiger partial charge on any atom is 0.313 e. The Morgan fingerprint density at radius 2 is 1.63 bits per heavy atom. The van der Waals surface area contributed by atoms with Crippen LogP contribution in [0.15, 0.2) is 42.5 Å². The number of piperazine rings is 1. The highest BCUT2D eigenvalue weighted by atomic mass is 19.1. The zero-order valence-corrected chi connectivity index (χ0v) is 17.7. The fourth-order valence-electron chi connectivity index (χ4n) is 3.55. The van der Waals surface area contributed by atoms with Crippen molar-refractivity contribution >= 4 is 17.5 Å². The molecule has 1 atom stereocenters. The average Bonchev–Trinajstić information content (AvgIpc) is 2.73. The number of hydrogen-bond acceptors (Lipinski definition) is 4. The first-order chi connectivity index (χ1) is 14.3. The van der Waals surface area contributed by atoms with E-state index in [1.165, 1.54) is 12.1 Å². The molecule has 1 fully saturated rings. The van der Waals surface area contributed by atoms with Crippen LogP contribution in [0.5, 0.6) is 0 Å². The van der Waals surface area contributed by atoms with Crippen LogP contribution in [0.2, 0.25) is 0 Å². The number of benzene rings is 2. The Balaban J connectivity index is 1.65. The SMILES string of the molecule is Cc1ccc(NC(=O)C(=O)NC[C@H](c2ccc(F)cc2)N2CCN(C)CC2)cc1C. The molecule has 160 valence electrons. The molecule has 0 spiro atoms. The summed E-state index contributed by atoms with van der Waals surface area (Å²) in [6.45, 7) is 7.72. The molecule has 2 aromatic carbocycles. The molecule has 7 heteroatoms. The van der Waals surface area contributed by atoms with Gasteiger partial charge in [0.1, 0.15) is 5.82 Å². The second-order valence-electron chi connectivity index (χ2n) is 7.87. The van der Waals surface area contributed by atoms with E-state index in [1.54, 1.807) is 18.2 Å². The normalized spacial score (nSPS) is 16.1. The average molecular weight is 413 g/mol. The molecular weight excluding hydrogens is 383 g/mol. The Labute approximate surface area is 177 Å². The Hall–Kier alpha value is -2.77. The minimum absolute atomic E-state index is 0.127. The van der Waals surface area contributed by atoms with Crippen LogP contribution in [0.3, 0.4) is 0 Å². The van der Waals surface area contributed by atoms with E-state index in [0.29, 0.717) is 5.69 Å². The number of nitrogens with zero attached hydrogens (tertiary/aromatic N) is 2. The van der Waals surface area contributed by atoms with Crippen molar-refractivity contribution in [2.24, 2.45) is 0 Å². The number of likely N-dealkylation sites (N-methyl/N-ethyl adjacent to an activating group) is 1. The highest BCUT2D eigenvalue weighted by Gasteiger charge is 2.25. The van der Waals surface area contributed by atoms with Gasteiger partial charge in [-0.2, -0.15) is 0 Å². The van der Waals surface area contributed by atoms with Gasteiger partial charge in [-0.25, -0.2) is 4.39 Å². The molecule has 6 nitrogen and oxygen atoms in total. The van der Waals surface area contributed by atoms with Gasteiger partial charge >= 0.3 is 11.8 Å². The summed E-state index contributed by atoms with van der Waals surface area (Å²) in [5.74, 6) is -1.68. The molecule has 0 aliphatic carbocycles. The summed E-state index contributed by atoms with van der Waals surface area (Å²) in [6.07, 6.45) is 0. The molecule has 1 aliphatic heterocycles. The third-order valence-corrected chi connectivity index (χ3v) is 5.66. The molecule has 0 radical (unpaired) electrons. The van der Waals surface area contributed by atoms with Crippen LogP contribution in [0.1, 0.15) is 22.7 Å². The summed E-state index contributed by atoms with van der Waals surface area (Å²) < 4.78 is 13.4. The molecule has 2 N–H and O–H groups in total. The molecular formula is C23H29FN4O2. The van der Waals surface area contributed by atoms with Gasteiger partial charge in [-0.3, -0.25) is 14.5 Å². The van der Waals surface area contributed by atoms with Crippen LogP contribution >= 0.6 is 0 Å². The largest absolute Gasteiger partial charge is 0.346 e. The van der Waals surface area contributed by atoms with Gasteiger partial charge < -0.3 is 15.5 Å². The Kier molecular flexibility index (Phi) is 7.18. The lowest BCUT2D eigenvalue weighted by atomic mass is 10.0. The van der Waals surface area contributed by atoms with Gasteiger partial charge in [0.05, 0.1) is 6.04 Å². The van der Waals surface area contributed by atoms with Gasteiger partial charge in [0.2, 0.25) is 0 Å². The van der Waals surface area contributed by atoms with E-state index in [1.807, 2.05) is 26.0 Å². The zero-order chi connectivity index (χ0) is 21.7. The first kappa shape index (κ1) is 21.9. The van der Waals surface area contributed by atoms with Gasteiger partial charge in [-0.1, -0.05) is 18.2 Å². The van der Waals surface area contributed by atoms with Crippen LogP contribution < -0.4 is 10.6 Å². The summed E-state index contributed by atoms with van der Waals surface area (Å²) >= 11 is 0. The van der Waals surface area contributed by atoms with Crippen molar-refractivity contribution in [3.63, 3.8) is 0 Å². The minimum Gasteiger partial charge on any atom is -0.346 e. The molecule has 1 heterocycles.